The van der Waals surface area contributed by atoms with Gasteiger partial charge in [0, 0.05) is 12.5 Å². The number of hydrogen-bond donors (Lipinski definition) is 2. The van der Waals surface area contributed by atoms with Crippen LogP contribution in [0.15, 0.2) is 12.1 Å². The molecule has 0 unspecified atom stereocenters. The second-order valence-corrected chi connectivity index (χ2v) is 4.25. The van der Waals surface area contributed by atoms with Gasteiger partial charge in [0.1, 0.15) is 5.75 Å². The van der Waals surface area contributed by atoms with E-state index in [9.17, 15) is 18.3 Å². The number of aromatic hydroxyl groups is 1. The van der Waals surface area contributed by atoms with Crippen LogP contribution in [0.1, 0.15) is 35.6 Å². The SMILES string of the molecule is Cc1cc(O)cc(C)c1[C@@H](N)CCC(F)(F)F.Cl. The fraction of sp³-hybridized carbons (Fsp3) is 0.500. The van der Waals surface area contributed by atoms with Crippen LogP contribution in [0.4, 0.5) is 13.2 Å². The fourth-order valence-electron chi connectivity index (χ4n) is 2.00. The maximum Gasteiger partial charge on any atom is 0.389 e. The van der Waals surface area contributed by atoms with E-state index in [0.717, 1.165) is 11.1 Å². The molecule has 104 valence electrons. The standard InChI is InChI=1S/C12H16F3NO.ClH/c1-7-5-9(17)6-8(2)11(7)10(16)3-4-12(13,14)15;/h5-6,10,17H,3-4,16H2,1-2H3;1H/t10-;/m0./s1. The summed E-state index contributed by atoms with van der Waals surface area (Å²) in [5, 5.41) is 9.34. The van der Waals surface area contributed by atoms with Crippen molar-refractivity contribution in [3.8, 4) is 5.75 Å². The highest BCUT2D eigenvalue weighted by Crippen LogP contribution is 2.30. The van der Waals surface area contributed by atoms with Crippen LogP contribution < -0.4 is 5.73 Å². The second kappa shape index (κ2) is 6.29. The number of phenolic OH excluding ortho intramolecular Hbond substituents is 1. The molecule has 2 nitrogen and oxygen atoms in total. The molecule has 0 saturated carbocycles. The molecule has 0 radical (unpaired) electrons. The summed E-state index contributed by atoms with van der Waals surface area (Å²) in [4.78, 5) is 0. The Morgan fingerprint density at radius 1 is 1.22 bits per heavy atom. The molecular formula is C12H17ClF3NO. The van der Waals surface area contributed by atoms with Crippen LogP contribution in [0.25, 0.3) is 0 Å². The predicted octanol–water partition coefficient (Wildman–Crippen LogP) is 3.77. The van der Waals surface area contributed by atoms with Crippen molar-refractivity contribution >= 4 is 12.4 Å². The van der Waals surface area contributed by atoms with Crippen LogP contribution in [0.2, 0.25) is 0 Å². The average molecular weight is 284 g/mol. The van der Waals surface area contributed by atoms with E-state index in [1.807, 2.05) is 0 Å². The van der Waals surface area contributed by atoms with E-state index in [0.29, 0.717) is 5.56 Å². The van der Waals surface area contributed by atoms with Gasteiger partial charge in [-0.05, 0) is 49.1 Å². The zero-order valence-electron chi connectivity index (χ0n) is 10.2. The third-order valence-electron chi connectivity index (χ3n) is 2.69. The number of benzene rings is 1. The molecule has 0 heterocycles. The molecule has 3 N–H and O–H groups in total. The number of hydrogen-bond acceptors (Lipinski definition) is 2. The predicted molar refractivity (Wildman–Crippen MR) is 67.0 cm³/mol. The zero-order valence-corrected chi connectivity index (χ0v) is 11.0. The first-order valence-electron chi connectivity index (χ1n) is 5.33. The Balaban J connectivity index is 0.00000289. The summed E-state index contributed by atoms with van der Waals surface area (Å²) in [5.41, 5.74) is 7.90. The first kappa shape index (κ1) is 17.1. The molecule has 1 aromatic carbocycles. The molecule has 6 heteroatoms. The average Bonchev–Trinajstić information content (AvgIpc) is 2.11. The van der Waals surface area contributed by atoms with Gasteiger partial charge in [0.05, 0.1) is 0 Å². The Labute approximate surface area is 110 Å². The van der Waals surface area contributed by atoms with Crippen molar-refractivity contribution in [1.82, 2.24) is 0 Å². The molecule has 0 amide bonds. The Morgan fingerprint density at radius 2 is 1.67 bits per heavy atom. The Morgan fingerprint density at radius 3 is 2.06 bits per heavy atom. The molecule has 0 spiro atoms. The summed E-state index contributed by atoms with van der Waals surface area (Å²) < 4.78 is 36.3. The van der Waals surface area contributed by atoms with Gasteiger partial charge < -0.3 is 10.8 Å². The maximum atomic E-state index is 12.1. The lowest BCUT2D eigenvalue weighted by Crippen LogP contribution is -2.17. The van der Waals surface area contributed by atoms with Crippen LogP contribution in [0, 0.1) is 13.8 Å². The van der Waals surface area contributed by atoms with E-state index in [-0.39, 0.29) is 24.6 Å². The molecule has 1 atom stereocenters. The first-order valence-corrected chi connectivity index (χ1v) is 5.33. The lowest BCUT2D eigenvalue weighted by atomic mass is 9.93. The molecule has 0 aliphatic carbocycles. The molecule has 0 saturated heterocycles. The summed E-state index contributed by atoms with van der Waals surface area (Å²) in [6.45, 7) is 3.46. The topological polar surface area (TPSA) is 46.2 Å². The van der Waals surface area contributed by atoms with Crippen LogP contribution in [-0.4, -0.2) is 11.3 Å². The lowest BCUT2D eigenvalue weighted by molar-refractivity contribution is -0.136. The van der Waals surface area contributed by atoms with Crippen molar-refractivity contribution in [1.29, 1.82) is 0 Å². The summed E-state index contributed by atoms with van der Waals surface area (Å²) in [7, 11) is 0. The fourth-order valence-corrected chi connectivity index (χ4v) is 2.00. The first-order chi connectivity index (χ1) is 7.70. The van der Waals surface area contributed by atoms with Crippen molar-refractivity contribution in [3.63, 3.8) is 0 Å². The summed E-state index contributed by atoms with van der Waals surface area (Å²) in [6, 6.07) is 2.36. The number of aryl methyl sites for hydroxylation is 2. The third-order valence-corrected chi connectivity index (χ3v) is 2.69. The summed E-state index contributed by atoms with van der Waals surface area (Å²) in [5.74, 6) is 0.103. The van der Waals surface area contributed by atoms with Crippen molar-refractivity contribution in [3.05, 3.63) is 28.8 Å². The Bertz CT molecular complexity index is 384. The summed E-state index contributed by atoms with van der Waals surface area (Å²) in [6.07, 6.45) is -5.22. The van der Waals surface area contributed by atoms with Gasteiger partial charge in [0.25, 0.3) is 0 Å². The minimum atomic E-state index is -4.18. The molecular weight excluding hydrogens is 267 g/mol. The van der Waals surface area contributed by atoms with E-state index < -0.39 is 18.6 Å². The largest absolute Gasteiger partial charge is 0.508 e. The second-order valence-electron chi connectivity index (χ2n) is 4.25. The van der Waals surface area contributed by atoms with Gasteiger partial charge >= 0.3 is 6.18 Å². The van der Waals surface area contributed by atoms with Gasteiger partial charge in [-0.3, -0.25) is 0 Å². The van der Waals surface area contributed by atoms with Gasteiger partial charge in [0.2, 0.25) is 0 Å². The van der Waals surface area contributed by atoms with Crippen molar-refractivity contribution < 1.29 is 18.3 Å². The molecule has 0 bridgehead atoms. The number of phenols is 1. The van der Waals surface area contributed by atoms with Crippen LogP contribution in [0.3, 0.4) is 0 Å². The monoisotopic (exact) mass is 283 g/mol. The van der Waals surface area contributed by atoms with E-state index in [1.54, 1.807) is 13.8 Å². The van der Waals surface area contributed by atoms with Crippen LogP contribution in [-0.2, 0) is 0 Å². The Hall–Kier alpha value is -0.940. The van der Waals surface area contributed by atoms with E-state index >= 15 is 0 Å². The van der Waals surface area contributed by atoms with Gasteiger partial charge in [-0.1, -0.05) is 0 Å². The lowest BCUT2D eigenvalue weighted by Gasteiger charge is -2.18. The minimum Gasteiger partial charge on any atom is -0.508 e. The smallest absolute Gasteiger partial charge is 0.389 e. The van der Waals surface area contributed by atoms with E-state index in [2.05, 4.69) is 0 Å². The quantitative estimate of drug-likeness (QED) is 0.887. The van der Waals surface area contributed by atoms with Gasteiger partial charge in [0.15, 0.2) is 0 Å². The van der Waals surface area contributed by atoms with E-state index in [1.165, 1.54) is 12.1 Å². The van der Waals surface area contributed by atoms with Gasteiger partial charge in [-0.15, -0.1) is 12.4 Å². The highest BCUT2D eigenvalue weighted by molar-refractivity contribution is 5.85. The molecule has 0 aliphatic rings. The highest BCUT2D eigenvalue weighted by Gasteiger charge is 2.28. The van der Waals surface area contributed by atoms with Crippen LogP contribution in [0.5, 0.6) is 5.75 Å². The van der Waals surface area contributed by atoms with Gasteiger partial charge in [-0.25, -0.2) is 0 Å². The third kappa shape index (κ3) is 4.74. The molecule has 1 aromatic rings. The highest BCUT2D eigenvalue weighted by atomic mass is 35.5. The molecule has 1 rings (SSSR count). The number of rotatable bonds is 3. The molecule has 0 aromatic heterocycles. The summed E-state index contributed by atoms with van der Waals surface area (Å²) >= 11 is 0. The molecule has 18 heavy (non-hydrogen) atoms. The van der Waals surface area contributed by atoms with Crippen molar-refractivity contribution in [2.75, 3.05) is 0 Å². The van der Waals surface area contributed by atoms with Crippen LogP contribution >= 0.6 is 12.4 Å². The number of nitrogens with two attached hydrogens (primary N) is 1. The minimum absolute atomic E-state index is 0. The number of halogens is 4. The Kier molecular flexibility index (Phi) is 5.96. The van der Waals surface area contributed by atoms with Crippen molar-refractivity contribution in [2.45, 2.75) is 38.9 Å². The zero-order chi connectivity index (χ0) is 13.2. The van der Waals surface area contributed by atoms with Crippen molar-refractivity contribution in [2.24, 2.45) is 5.73 Å². The molecule has 0 aliphatic heterocycles. The van der Waals surface area contributed by atoms with Gasteiger partial charge in [-0.2, -0.15) is 13.2 Å². The maximum absolute atomic E-state index is 12.1. The normalized spacial score (nSPS) is 13.0. The number of alkyl halides is 3. The van der Waals surface area contributed by atoms with E-state index in [4.69, 9.17) is 5.73 Å². The molecule has 0 fully saturated rings.